The monoisotopic (exact) mass is 550 g/mol. The second-order valence-corrected chi connectivity index (χ2v) is 8.34. The Morgan fingerprint density at radius 3 is 1.69 bits per heavy atom. The van der Waals surface area contributed by atoms with Gasteiger partial charge >= 0.3 is 35.8 Å². The van der Waals surface area contributed by atoms with E-state index in [1.165, 1.54) is 0 Å². The third-order valence-corrected chi connectivity index (χ3v) is 4.96. The molecule has 0 radical (unpaired) electrons. The first-order valence-corrected chi connectivity index (χ1v) is 11.7. The van der Waals surface area contributed by atoms with Crippen molar-refractivity contribution in [3.63, 3.8) is 0 Å². The predicted molar refractivity (Wildman–Crippen MR) is 129 cm³/mol. The topological polar surface area (TPSA) is 186 Å². The number of aromatic amines is 1. The highest BCUT2D eigenvalue weighted by Gasteiger charge is 2.49. The molecule has 0 amide bonds. The van der Waals surface area contributed by atoms with Crippen LogP contribution in [0, 0.1) is 0 Å². The van der Waals surface area contributed by atoms with Gasteiger partial charge in [0.25, 0.3) is 0 Å². The summed E-state index contributed by atoms with van der Waals surface area (Å²) in [5.74, 6) is -5.16. The lowest BCUT2D eigenvalue weighted by Crippen LogP contribution is -2.55. The molecule has 39 heavy (non-hydrogen) atoms. The Labute approximate surface area is 223 Å². The zero-order chi connectivity index (χ0) is 29.3. The summed E-state index contributed by atoms with van der Waals surface area (Å²) in [5, 5.41) is 0. The van der Waals surface area contributed by atoms with E-state index in [9.17, 15) is 28.8 Å². The van der Waals surface area contributed by atoms with Crippen molar-refractivity contribution in [2.45, 2.75) is 72.1 Å². The number of carbonyl (C=O) groups excluding carboxylic acids is 6. The van der Waals surface area contributed by atoms with Gasteiger partial charge in [0.2, 0.25) is 0 Å². The SMILES string of the molecule is CC(=O)OCC(OC(C)=O)C(OC(C)=O)C(OC(C)=O)C(OC(C)=O)C(OC(C)=O)c1nc2ccccc2[nH]1. The zero-order valence-electron chi connectivity index (χ0n) is 22.2. The molecule has 0 aliphatic heterocycles. The summed E-state index contributed by atoms with van der Waals surface area (Å²) in [7, 11) is 0. The fourth-order valence-corrected chi connectivity index (χ4v) is 3.72. The summed E-state index contributed by atoms with van der Waals surface area (Å²) in [5.41, 5.74) is 1.01. The number of nitrogens with zero attached hydrogens (tertiary/aromatic N) is 1. The standard InChI is InChI=1S/C25H30N2O12/c1-12(28)34-11-20(35-13(2)29)21(36-14(3)30)22(37-15(4)31)23(38-16(5)32)24(39-17(6)33)25-26-18-9-7-8-10-19(18)27-25/h7-10,20-24H,11H2,1-6H3,(H,26,27). The van der Waals surface area contributed by atoms with Crippen LogP contribution in [0.25, 0.3) is 11.0 Å². The van der Waals surface area contributed by atoms with Crippen LogP contribution in [0.4, 0.5) is 0 Å². The van der Waals surface area contributed by atoms with E-state index in [1.54, 1.807) is 24.3 Å². The van der Waals surface area contributed by atoms with E-state index < -0.39 is 72.9 Å². The molecule has 14 nitrogen and oxygen atoms in total. The number of imidazole rings is 1. The molecule has 5 unspecified atom stereocenters. The van der Waals surface area contributed by atoms with Crippen LogP contribution in [-0.2, 0) is 57.2 Å². The molecule has 5 atom stereocenters. The Balaban J connectivity index is 2.75. The molecular formula is C25H30N2O12. The number of para-hydroxylation sites is 2. The smallest absolute Gasteiger partial charge is 0.303 e. The summed E-state index contributed by atoms with van der Waals surface area (Å²) >= 11 is 0. The minimum absolute atomic E-state index is 0.000370. The van der Waals surface area contributed by atoms with Gasteiger partial charge in [-0.05, 0) is 12.1 Å². The van der Waals surface area contributed by atoms with Gasteiger partial charge in [0.15, 0.2) is 36.3 Å². The van der Waals surface area contributed by atoms with Gasteiger partial charge in [-0.1, -0.05) is 12.1 Å². The molecule has 0 fully saturated rings. The molecule has 1 aromatic carbocycles. The van der Waals surface area contributed by atoms with E-state index >= 15 is 0 Å². The van der Waals surface area contributed by atoms with Crippen molar-refractivity contribution in [3.8, 4) is 0 Å². The molecule has 1 heterocycles. The van der Waals surface area contributed by atoms with Crippen LogP contribution in [0.1, 0.15) is 53.5 Å². The van der Waals surface area contributed by atoms with Crippen molar-refractivity contribution in [1.29, 1.82) is 0 Å². The van der Waals surface area contributed by atoms with Crippen molar-refractivity contribution >= 4 is 46.8 Å². The van der Waals surface area contributed by atoms with Crippen molar-refractivity contribution in [2.24, 2.45) is 0 Å². The van der Waals surface area contributed by atoms with Gasteiger partial charge in [-0.2, -0.15) is 0 Å². The number of ether oxygens (including phenoxy) is 6. The molecule has 0 aliphatic rings. The molecule has 14 heteroatoms. The van der Waals surface area contributed by atoms with Gasteiger partial charge < -0.3 is 33.4 Å². The largest absolute Gasteiger partial charge is 0.462 e. The van der Waals surface area contributed by atoms with Crippen molar-refractivity contribution < 1.29 is 57.2 Å². The van der Waals surface area contributed by atoms with E-state index in [1.807, 2.05) is 0 Å². The number of H-pyrrole nitrogens is 1. The molecule has 0 spiro atoms. The summed E-state index contributed by atoms with van der Waals surface area (Å²) in [6.45, 7) is 5.70. The number of carbonyl (C=O) groups is 6. The molecule has 1 aromatic heterocycles. The highest BCUT2D eigenvalue weighted by molar-refractivity contribution is 5.75. The van der Waals surface area contributed by atoms with Crippen LogP contribution in [0.15, 0.2) is 24.3 Å². The van der Waals surface area contributed by atoms with Crippen LogP contribution in [0.2, 0.25) is 0 Å². The summed E-state index contributed by atoms with van der Waals surface area (Å²) in [6.07, 6.45) is -8.23. The summed E-state index contributed by atoms with van der Waals surface area (Å²) in [4.78, 5) is 79.6. The molecule has 0 aliphatic carbocycles. The predicted octanol–water partition coefficient (Wildman–Crippen LogP) is 1.46. The maximum atomic E-state index is 12.2. The Bertz CT molecular complexity index is 1190. The normalized spacial score (nSPS) is 14.6. The number of aromatic nitrogens is 2. The third kappa shape index (κ3) is 9.39. The first-order valence-electron chi connectivity index (χ1n) is 11.7. The molecule has 0 saturated carbocycles. The van der Waals surface area contributed by atoms with Gasteiger partial charge in [-0.3, -0.25) is 28.8 Å². The molecule has 212 valence electrons. The number of hydrogen-bond donors (Lipinski definition) is 1. The van der Waals surface area contributed by atoms with Crippen molar-refractivity contribution in [3.05, 3.63) is 30.1 Å². The van der Waals surface area contributed by atoms with Crippen LogP contribution < -0.4 is 0 Å². The van der Waals surface area contributed by atoms with Crippen LogP contribution in [0.5, 0.6) is 0 Å². The molecule has 2 rings (SSSR count). The van der Waals surface area contributed by atoms with E-state index in [4.69, 9.17) is 28.4 Å². The minimum atomic E-state index is -1.76. The quantitative estimate of drug-likeness (QED) is 0.296. The fraction of sp³-hybridized carbons (Fsp3) is 0.480. The Kier molecular flexibility index (Phi) is 10.9. The number of rotatable bonds is 12. The van der Waals surface area contributed by atoms with E-state index in [2.05, 4.69) is 9.97 Å². The lowest BCUT2D eigenvalue weighted by atomic mass is 9.97. The number of benzene rings is 1. The third-order valence-electron chi connectivity index (χ3n) is 4.96. The number of nitrogens with one attached hydrogen (secondary N) is 1. The average Bonchev–Trinajstić information content (AvgIpc) is 3.24. The van der Waals surface area contributed by atoms with Crippen molar-refractivity contribution in [2.75, 3.05) is 6.61 Å². The Morgan fingerprint density at radius 1 is 0.667 bits per heavy atom. The summed E-state index contributed by atoms with van der Waals surface area (Å²) in [6, 6.07) is 6.81. The Hall–Kier alpha value is -4.49. The maximum absolute atomic E-state index is 12.2. The summed E-state index contributed by atoms with van der Waals surface area (Å²) < 4.78 is 32.0. The van der Waals surface area contributed by atoms with Gasteiger partial charge in [0, 0.05) is 41.5 Å². The highest BCUT2D eigenvalue weighted by Crippen LogP contribution is 2.31. The molecule has 2 aromatic rings. The number of hydrogen-bond acceptors (Lipinski definition) is 13. The van der Waals surface area contributed by atoms with Crippen LogP contribution in [-0.4, -0.2) is 76.8 Å². The minimum Gasteiger partial charge on any atom is -0.462 e. The lowest BCUT2D eigenvalue weighted by molar-refractivity contribution is -0.214. The lowest BCUT2D eigenvalue weighted by Gasteiger charge is -2.37. The Morgan fingerprint density at radius 2 is 1.18 bits per heavy atom. The van der Waals surface area contributed by atoms with Gasteiger partial charge in [0.1, 0.15) is 6.61 Å². The van der Waals surface area contributed by atoms with E-state index in [0.29, 0.717) is 11.0 Å². The first kappa shape index (κ1) is 30.7. The second kappa shape index (κ2) is 13.9. The van der Waals surface area contributed by atoms with E-state index in [0.717, 1.165) is 41.5 Å². The van der Waals surface area contributed by atoms with Gasteiger partial charge in [-0.15, -0.1) is 0 Å². The maximum Gasteiger partial charge on any atom is 0.303 e. The average molecular weight is 551 g/mol. The highest BCUT2D eigenvalue weighted by atomic mass is 16.6. The van der Waals surface area contributed by atoms with Gasteiger partial charge in [0.05, 0.1) is 11.0 Å². The van der Waals surface area contributed by atoms with Crippen LogP contribution in [0.3, 0.4) is 0 Å². The van der Waals surface area contributed by atoms with E-state index in [-0.39, 0.29) is 5.82 Å². The first-order chi connectivity index (χ1) is 18.3. The molecule has 0 bridgehead atoms. The van der Waals surface area contributed by atoms with Crippen molar-refractivity contribution in [1.82, 2.24) is 9.97 Å². The van der Waals surface area contributed by atoms with Crippen LogP contribution >= 0.6 is 0 Å². The molecular weight excluding hydrogens is 520 g/mol. The second-order valence-electron chi connectivity index (χ2n) is 8.34. The zero-order valence-corrected chi connectivity index (χ0v) is 22.2. The van der Waals surface area contributed by atoms with Gasteiger partial charge in [-0.25, -0.2) is 4.98 Å². The molecule has 1 N–H and O–H groups in total. The molecule has 0 saturated heterocycles. The number of fused-ring (bicyclic) bond motifs is 1. The fourth-order valence-electron chi connectivity index (χ4n) is 3.72. The number of esters is 6.